The Morgan fingerprint density at radius 3 is 2.74 bits per heavy atom. The number of amides is 1. The van der Waals surface area contributed by atoms with E-state index in [-0.39, 0.29) is 11.5 Å². The Bertz CT molecular complexity index is 596. The Morgan fingerprint density at radius 1 is 1.39 bits per heavy atom. The van der Waals surface area contributed by atoms with Crippen molar-refractivity contribution in [3.63, 3.8) is 0 Å². The van der Waals surface area contributed by atoms with Gasteiger partial charge in [-0.3, -0.25) is 4.79 Å². The zero-order valence-electron chi connectivity index (χ0n) is 13.3. The normalized spacial score (nSPS) is 19.3. The Hall–Kier alpha value is -1.82. The van der Waals surface area contributed by atoms with Crippen molar-refractivity contribution in [3.05, 3.63) is 41.5 Å². The van der Waals surface area contributed by atoms with Gasteiger partial charge < -0.3 is 10.2 Å². The molecule has 0 aliphatic carbocycles. The average molecular weight is 326 g/mol. The summed E-state index contributed by atoms with van der Waals surface area (Å²) < 4.78 is 39.2. The molecule has 0 saturated carbocycles. The zero-order valence-corrected chi connectivity index (χ0v) is 13.3. The average Bonchev–Trinajstić information content (AvgIpc) is 2.95. The second kappa shape index (κ2) is 7.17. The number of nitrogens with zero attached hydrogens (tertiary/aromatic N) is 1. The van der Waals surface area contributed by atoms with Gasteiger partial charge in [0.25, 0.3) is 0 Å². The molecule has 1 aromatic rings. The molecule has 1 heterocycles. The molecule has 1 N–H and O–H groups in total. The minimum Gasteiger partial charge on any atom is -0.339 e. The number of carbonyl (C=O) groups excluding carboxylic acids is 1. The van der Waals surface area contributed by atoms with E-state index in [1.54, 1.807) is 17.9 Å². The van der Waals surface area contributed by atoms with Gasteiger partial charge in [-0.2, -0.15) is 13.2 Å². The van der Waals surface area contributed by atoms with Gasteiger partial charge in [-0.05, 0) is 50.1 Å². The van der Waals surface area contributed by atoms with Crippen molar-refractivity contribution in [2.75, 3.05) is 26.7 Å². The summed E-state index contributed by atoms with van der Waals surface area (Å²) in [4.78, 5) is 14.0. The van der Waals surface area contributed by atoms with Crippen LogP contribution in [0.15, 0.2) is 30.3 Å². The van der Waals surface area contributed by atoms with Crippen LogP contribution >= 0.6 is 0 Å². The molecular formula is C17H21F3N2O. The molecule has 126 valence electrons. The Morgan fingerprint density at radius 2 is 2.09 bits per heavy atom. The van der Waals surface area contributed by atoms with Gasteiger partial charge in [0.2, 0.25) is 5.91 Å². The molecule has 0 radical (unpaired) electrons. The van der Waals surface area contributed by atoms with E-state index in [1.807, 2.05) is 7.05 Å². The molecule has 23 heavy (non-hydrogen) atoms. The Kier molecular flexibility index (Phi) is 5.46. The van der Waals surface area contributed by atoms with Crippen LogP contribution in [0.2, 0.25) is 0 Å². The summed E-state index contributed by atoms with van der Waals surface area (Å²) in [6.07, 6.45) is -2.20. The number of hydrogen-bond donors (Lipinski definition) is 1. The molecule has 1 aliphatic heterocycles. The quantitative estimate of drug-likeness (QED) is 0.862. The number of allylic oxidation sites excluding steroid dienone is 1. The molecule has 1 unspecified atom stereocenters. The zero-order chi connectivity index (χ0) is 17.0. The first-order valence-electron chi connectivity index (χ1n) is 7.61. The molecule has 0 bridgehead atoms. The third kappa shape index (κ3) is 4.34. The van der Waals surface area contributed by atoms with E-state index in [4.69, 9.17) is 0 Å². The standard InChI is InChI=1S/C17H21F3N2O/c1-12(14-5-3-4-6-15(14)17(18,19)20)9-16(23)22-8-7-13(11-22)10-21-2/h3-6,9,13,21H,7-8,10-11H2,1-2H3. The van der Waals surface area contributed by atoms with E-state index in [0.29, 0.717) is 24.6 Å². The molecule has 1 amide bonds. The van der Waals surface area contributed by atoms with Gasteiger partial charge in [-0.25, -0.2) is 0 Å². The monoisotopic (exact) mass is 326 g/mol. The van der Waals surface area contributed by atoms with Gasteiger partial charge in [0.15, 0.2) is 0 Å². The molecule has 1 aliphatic rings. The van der Waals surface area contributed by atoms with E-state index in [2.05, 4.69) is 5.32 Å². The smallest absolute Gasteiger partial charge is 0.339 e. The molecular weight excluding hydrogens is 305 g/mol. The molecule has 1 aromatic carbocycles. The summed E-state index contributed by atoms with van der Waals surface area (Å²) in [6.45, 7) is 3.67. The summed E-state index contributed by atoms with van der Waals surface area (Å²) in [7, 11) is 1.86. The molecule has 3 nitrogen and oxygen atoms in total. The second-order valence-electron chi connectivity index (χ2n) is 5.87. The summed E-state index contributed by atoms with van der Waals surface area (Å²) in [5.41, 5.74) is -0.324. The molecule has 1 atom stereocenters. The van der Waals surface area contributed by atoms with Crippen LogP contribution in [0.1, 0.15) is 24.5 Å². The lowest BCUT2D eigenvalue weighted by molar-refractivity contribution is -0.137. The van der Waals surface area contributed by atoms with E-state index < -0.39 is 11.7 Å². The van der Waals surface area contributed by atoms with Gasteiger partial charge in [-0.1, -0.05) is 18.2 Å². The highest BCUT2D eigenvalue weighted by atomic mass is 19.4. The Balaban J connectivity index is 2.16. The molecule has 0 aromatic heterocycles. The molecule has 0 spiro atoms. The van der Waals surface area contributed by atoms with Crippen molar-refractivity contribution < 1.29 is 18.0 Å². The lowest BCUT2D eigenvalue weighted by Crippen LogP contribution is -2.29. The van der Waals surface area contributed by atoms with Crippen LogP contribution in [0.25, 0.3) is 5.57 Å². The number of carbonyl (C=O) groups is 1. The van der Waals surface area contributed by atoms with Gasteiger partial charge >= 0.3 is 6.18 Å². The molecule has 1 saturated heterocycles. The number of nitrogens with one attached hydrogen (secondary N) is 1. The van der Waals surface area contributed by atoms with Gasteiger partial charge in [-0.15, -0.1) is 0 Å². The summed E-state index contributed by atoms with van der Waals surface area (Å²) in [5.74, 6) is 0.179. The highest BCUT2D eigenvalue weighted by molar-refractivity contribution is 5.95. The van der Waals surface area contributed by atoms with Crippen LogP contribution in [0.5, 0.6) is 0 Å². The number of alkyl halides is 3. The number of rotatable bonds is 4. The van der Waals surface area contributed by atoms with Crippen LogP contribution in [0.4, 0.5) is 13.2 Å². The lowest BCUT2D eigenvalue weighted by Gasteiger charge is -2.16. The van der Waals surface area contributed by atoms with Crippen molar-refractivity contribution >= 4 is 11.5 Å². The Labute approximate surface area is 134 Å². The first-order chi connectivity index (χ1) is 10.8. The highest BCUT2D eigenvalue weighted by Crippen LogP contribution is 2.34. The largest absolute Gasteiger partial charge is 0.416 e. The first-order valence-corrected chi connectivity index (χ1v) is 7.61. The van der Waals surface area contributed by atoms with Gasteiger partial charge in [0, 0.05) is 19.2 Å². The number of hydrogen-bond acceptors (Lipinski definition) is 2. The van der Waals surface area contributed by atoms with Gasteiger partial charge in [0.1, 0.15) is 0 Å². The predicted molar refractivity (Wildman–Crippen MR) is 83.7 cm³/mol. The van der Waals surface area contributed by atoms with Crippen LogP contribution in [-0.2, 0) is 11.0 Å². The minimum absolute atomic E-state index is 0.0549. The number of halogens is 3. The molecule has 6 heteroatoms. The van der Waals surface area contributed by atoms with Crippen LogP contribution in [-0.4, -0.2) is 37.5 Å². The fourth-order valence-electron chi connectivity index (χ4n) is 2.92. The third-order valence-electron chi connectivity index (χ3n) is 4.09. The molecule has 1 fully saturated rings. The number of likely N-dealkylation sites (tertiary alicyclic amines) is 1. The second-order valence-corrected chi connectivity index (χ2v) is 5.87. The van der Waals surface area contributed by atoms with Gasteiger partial charge in [0.05, 0.1) is 5.56 Å². The van der Waals surface area contributed by atoms with Crippen molar-refractivity contribution in [2.45, 2.75) is 19.5 Å². The van der Waals surface area contributed by atoms with Crippen molar-refractivity contribution in [3.8, 4) is 0 Å². The summed E-state index contributed by atoms with van der Waals surface area (Å²) in [6, 6.07) is 5.33. The molecule has 2 rings (SSSR count). The van der Waals surface area contributed by atoms with Crippen molar-refractivity contribution in [2.24, 2.45) is 5.92 Å². The summed E-state index contributed by atoms with van der Waals surface area (Å²) in [5, 5.41) is 3.08. The van der Waals surface area contributed by atoms with Crippen LogP contribution < -0.4 is 5.32 Å². The van der Waals surface area contributed by atoms with E-state index in [9.17, 15) is 18.0 Å². The van der Waals surface area contributed by atoms with Crippen molar-refractivity contribution in [1.82, 2.24) is 10.2 Å². The highest BCUT2D eigenvalue weighted by Gasteiger charge is 2.33. The lowest BCUT2D eigenvalue weighted by atomic mass is 10.00. The van der Waals surface area contributed by atoms with E-state index in [0.717, 1.165) is 19.0 Å². The van der Waals surface area contributed by atoms with E-state index >= 15 is 0 Å². The maximum Gasteiger partial charge on any atom is 0.416 e. The predicted octanol–water partition coefficient (Wildman–Crippen LogP) is 3.18. The first kappa shape index (κ1) is 17.5. The van der Waals surface area contributed by atoms with Crippen LogP contribution in [0.3, 0.4) is 0 Å². The number of benzene rings is 1. The minimum atomic E-state index is -4.43. The third-order valence-corrected chi connectivity index (χ3v) is 4.09. The summed E-state index contributed by atoms with van der Waals surface area (Å²) >= 11 is 0. The topological polar surface area (TPSA) is 32.3 Å². The maximum atomic E-state index is 13.1. The SMILES string of the molecule is CNCC1CCN(C(=O)C=C(C)c2ccccc2C(F)(F)F)C1. The fraction of sp³-hybridized carbons (Fsp3) is 0.471. The van der Waals surface area contributed by atoms with E-state index in [1.165, 1.54) is 18.2 Å². The van der Waals surface area contributed by atoms with Crippen LogP contribution in [0, 0.1) is 5.92 Å². The maximum absolute atomic E-state index is 13.1. The van der Waals surface area contributed by atoms with Crippen molar-refractivity contribution in [1.29, 1.82) is 0 Å². The fourth-order valence-corrected chi connectivity index (χ4v) is 2.92.